The summed E-state index contributed by atoms with van der Waals surface area (Å²) in [6.45, 7) is 3.18. The number of carbonyl (C=O) groups excluding carboxylic acids is 1. The smallest absolute Gasteiger partial charge is 0.264 e. The molecule has 12 heteroatoms. The highest BCUT2D eigenvalue weighted by Crippen LogP contribution is 2.26. The number of carbonyl (C=O) groups is 1. The van der Waals surface area contributed by atoms with Crippen LogP contribution in [0.25, 0.3) is 0 Å². The van der Waals surface area contributed by atoms with E-state index >= 15 is 0 Å². The summed E-state index contributed by atoms with van der Waals surface area (Å²) in [5.41, 5.74) is 0.323. The zero-order valence-corrected chi connectivity index (χ0v) is 24.6. The Balaban J connectivity index is 1.35. The fourth-order valence-corrected chi connectivity index (χ4v) is 7.38. The van der Waals surface area contributed by atoms with Gasteiger partial charge in [0.05, 0.1) is 28.6 Å². The summed E-state index contributed by atoms with van der Waals surface area (Å²) in [7, 11) is -7.55. The average molecular weight is 602 g/mol. The van der Waals surface area contributed by atoms with E-state index in [4.69, 9.17) is 9.47 Å². The van der Waals surface area contributed by atoms with Crippen LogP contribution < -0.4 is 19.1 Å². The summed E-state index contributed by atoms with van der Waals surface area (Å²) in [4.78, 5) is 13.1. The summed E-state index contributed by atoms with van der Waals surface area (Å²) in [6.07, 6.45) is 2.77. The lowest BCUT2D eigenvalue weighted by molar-refractivity contribution is -0.119. The zero-order chi connectivity index (χ0) is 29.3. The van der Waals surface area contributed by atoms with E-state index in [1.807, 2.05) is 6.92 Å². The molecule has 1 heterocycles. The van der Waals surface area contributed by atoms with Crippen molar-refractivity contribution in [2.24, 2.45) is 0 Å². The summed E-state index contributed by atoms with van der Waals surface area (Å²) >= 11 is 0. The molecule has 1 N–H and O–H groups in total. The molecule has 0 radical (unpaired) electrons. The average Bonchev–Trinajstić information content (AvgIpc) is 3.00. The number of amides is 1. The van der Waals surface area contributed by atoms with Gasteiger partial charge in [0.25, 0.3) is 10.0 Å². The minimum absolute atomic E-state index is 0.0655. The molecule has 0 saturated carbocycles. The molecule has 1 amide bonds. The molecule has 0 aliphatic carbocycles. The SMILES string of the molecule is CCOc1ccc(N(CC(=O)NCCOc2ccc(S(=O)(=O)N3CCCCC3)cc2)S(=O)(=O)c2ccccc2)cc1. The van der Waals surface area contributed by atoms with Crippen molar-refractivity contribution >= 4 is 31.6 Å². The first-order valence-corrected chi connectivity index (χ1v) is 16.4. The molecule has 1 fully saturated rings. The Hall–Kier alpha value is -3.61. The van der Waals surface area contributed by atoms with Crippen LogP contribution in [0.2, 0.25) is 0 Å². The Kier molecular flexibility index (Phi) is 10.2. The van der Waals surface area contributed by atoms with Crippen LogP contribution in [-0.4, -0.2) is 66.4 Å². The van der Waals surface area contributed by atoms with Crippen molar-refractivity contribution in [2.45, 2.75) is 36.0 Å². The van der Waals surface area contributed by atoms with Crippen molar-refractivity contribution in [3.8, 4) is 11.5 Å². The second-order valence-electron chi connectivity index (χ2n) is 9.39. The first-order valence-electron chi connectivity index (χ1n) is 13.5. The fourth-order valence-electron chi connectivity index (χ4n) is 4.42. The van der Waals surface area contributed by atoms with Crippen LogP contribution in [0, 0.1) is 0 Å². The number of anilines is 1. The largest absolute Gasteiger partial charge is 0.494 e. The van der Waals surface area contributed by atoms with E-state index in [1.54, 1.807) is 54.6 Å². The number of sulfonamides is 2. The number of piperidine rings is 1. The molecule has 0 aromatic heterocycles. The van der Waals surface area contributed by atoms with E-state index in [9.17, 15) is 21.6 Å². The van der Waals surface area contributed by atoms with Crippen LogP contribution in [0.3, 0.4) is 0 Å². The third kappa shape index (κ3) is 7.78. The number of ether oxygens (including phenoxy) is 2. The molecule has 4 rings (SSSR count). The monoisotopic (exact) mass is 601 g/mol. The molecule has 0 spiro atoms. The van der Waals surface area contributed by atoms with Crippen LogP contribution in [-0.2, 0) is 24.8 Å². The molecule has 0 atom stereocenters. The number of hydrogen-bond acceptors (Lipinski definition) is 7. The zero-order valence-electron chi connectivity index (χ0n) is 22.9. The number of rotatable bonds is 13. The predicted molar refractivity (Wildman–Crippen MR) is 156 cm³/mol. The van der Waals surface area contributed by atoms with Crippen LogP contribution in [0.1, 0.15) is 26.2 Å². The minimum atomic E-state index is -4.02. The maximum atomic E-state index is 13.4. The van der Waals surface area contributed by atoms with Gasteiger partial charge < -0.3 is 14.8 Å². The molecule has 1 aliphatic rings. The third-order valence-electron chi connectivity index (χ3n) is 6.52. The molecule has 1 saturated heterocycles. The molecule has 41 heavy (non-hydrogen) atoms. The second kappa shape index (κ2) is 13.8. The van der Waals surface area contributed by atoms with Gasteiger partial charge in [-0.2, -0.15) is 4.31 Å². The van der Waals surface area contributed by atoms with Crippen LogP contribution in [0.5, 0.6) is 11.5 Å². The molecule has 0 unspecified atom stereocenters. The topological polar surface area (TPSA) is 122 Å². The Bertz CT molecular complexity index is 1490. The molecule has 220 valence electrons. The van der Waals surface area contributed by atoms with Crippen molar-refractivity contribution < 1.29 is 31.1 Å². The Morgan fingerprint density at radius 1 is 0.805 bits per heavy atom. The third-order valence-corrected chi connectivity index (χ3v) is 10.2. The normalized spacial score (nSPS) is 14.3. The van der Waals surface area contributed by atoms with Gasteiger partial charge in [0.2, 0.25) is 15.9 Å². The van der Waals surface area contributed by atoms with Crippen LogP contribution in [0.4, 0.5) is 5.69 Å². The van der Waals surface area contributed by atoms with Gasteiger partial charge in [0.1, 0.15) is 24.7 Å². The van der Waals surface area contributed by atoms with Crippen LogP contribution in [0.15, 0.2) is 88.7 Å². The Morgan fingerprint density at radius 3 is 2.05 bits per heavy atom. The number of hydrogen-bond donors (Lipinski definition) is 1. The van der Waals surface area contributed by atoms with Crippen molar-refractivity contribution in [1.82, 2.24) is 9.62 Å². The van der Waals surface area contributed by atoms with Crippen LogP contribution >= 0.6 is 0 Å². The highest BCUT2D eigenvalue weighted by atomic mass is 32.2. The summed E-state index contributed by atoms with van der Waals surface area (Å²) in [5.74, 6) is 0.538. The van der Waals surface area contributed by atoms with Gasteiger partial charge >= 0.3 is 0 Å². The maximum Gasteiger partial charge on any atom is 0.264 e. The number of benzene rings is 3. The summed E-state index contributed by atoms with van der Waals surface area (Å²) in [6, 6.07) is 20.6. The lowest BCUT2D eigenvalue weighted by Crippen LogP contribution is -2.41. The lowest BCUT2D eigenvalue weighted by Gasteiger charge is -2.25. The van der Waals surface area contributed by atoms with E-state index in [0.717, 1.165) is 23.6 Å². The minimum Gasteiger partial charge on any atom is -0.494 e. The molecule has 3 aromatic carbocycles. The van der Waals surface area contributed by atoms with Gasteiger partial charge in [-0.25, -0.2) is 16.8 Å². The second-order valence-corrected chi connectivity index (χ2v) is 13.2. The number of nitrogens with zero attached hydrogens (tertiary/aromatic N) is 2. The standard InChI is InChI=1S/C29H35N3O7S2/c1-2-38-25-13-11-24(12-14-25)32(41(36,37)27-9-5-3-6-10-27)23-29(33)30-19-22-39-26-15-17-28(18-16-26)40(34,35)31-20-7-4-8-21-31/h3,5-6,9-18H,2,4,7-8,19-23H2,1H3,(H,30,33). The quantitative estimate of drug-likeness (QED) is 0.297. The molecule has 0 bridgehead atoms. The molecule has 10 nitrogen and oxygen atoms in total. The summed E-state index contributed by atoms with van der Waals surface area (Å²) in [5, 5.41) is 2.69. The van der Waals surface area contributed by atoms with Gasteiger partial charge in [-0.3, -0.25) is 9.10 Å². The van der Waals surface area contributed by atoms with Gasteiger partial charge in [0.15, 0.2) is 0 Å². The van der Waals surface area contributed by atoms with E-state index in [0.29, 0.717) is 36.9 Å². The van der Waals surface area contributed by atoms with Crippen molar-refractivity contribution in [3.63, 3.8) is 0 Å². The van der Waals surface area contributed by atoms with Gasteiger partial charge in [-0.15, -0.1) is 0 Å². The Labute approximate surface area is 242 Å². The van der Waals surface area contributed by atoms with Gasteiger partial charge in [0, 0.05) is 13.1 Å². The Morgan fingerprint density at radius 2 is 1.41 bits per heavy atom. The van der Waals surface area contributed by atoms with Crippen molar-refractivity contribution in [1.29, 1.82) is 0 Å². The van der Waals surface area contributed by atoms with E-state index in [1.165, 1.54) is 28.6 Å². The van der Waals surface area contributed by atoms with E-state index in [2.05, 4.69) is 5.32 Å². The number of nitrogens with one attached hydrogen (secondary N) is 1. The molecule has 3 aromatic rings. The fraction of sp³-hybridized carbons (Fsp3) is 0.345. The van der Waals surface area contributed by atoms with Gasteiger partial charge in [-0.05, 0) is 80.4 Å². The first-order chi connectivity index (χ1) is 19.7. The van der Waals surface area contributed by atoms with Gasteiger partial charge in [-0.1, -0.05) is 24.6 Å². The molecular formula is C29H35N3O7S2. The highest BCUT2D eigenvalue weighted by Gasteiger charge is 2.28. The van der Waals surface area contributed by atoms with Crippen molar-refractivity contribution in [3.05, 3.63) is 78.9 Å². The van der Waals surface area contributed by atoms with E-state index < -0.39 is 32.5 Å². The molecular weight excluding hydrogens is 566 g/mol. The maximum absolute atomic E-state index is 13.4. The lowest BCUT2D eigenvalue weighted by atomic mass is 10.2. The molecule has 1 aliphatic heterocycles. The van der Waals surface area contributed by atoms with Crippen molar-refractivity contribution in [2.75, 3.05) is 43.7 Å². The predicted octanol–water partition coefficient (Wildman–Crippen LogP) is 3.65. The summed E-state index contributed by atoms with van der Waals surface area (Å²) < 4.78 is 66.2. The first kappa shape index (κ1) is 30.4. The van der Waals surface area contributed by atoms with E-state index in [-0.39, 0.29) is 22.9 Å². The highest BCUT2D eigenvalue weighted by molar-refractivity contribution is 7.92.